The first-order chi connectivity index (χ1) is 9.66. The number of piperazine rings is 1. The molecule has 22 heavy (non-hydrogen) atoms. The number of hydrogen-bond donors (Lipinski definition) is 1. The molecular weight excluding hydrogens is 345 g/mol. The van der Waals surface area contributed by atoms with Crippen molar-refractivity contribution in [2.45, 2.75) is 25.9 Å². The lowest BCUT2D eigenvalue weighted by atomic mass is 10.1. The van der Waals surface area contributed by atoms with Gasteiger partial charge in [0.2, 0.25) is 0 Å². The van der Waals surface area contributed by atoms with E-state index in [4.69, 9.17) is 4.42 Å². The van der Waals surface area contributed by atoms with Crippen molar-refractivity contribution in [1.29, 1.82) is 0 Å². The van der Waals surface area contributed by atoms with Gasteiger partial charge >= 0.3 is 0 Å². The highest BCUT2D eigenvalue weighted by atomic mass is 35.5. The first kappa shape index (κ1) is 19.0. The van der Waals surface area contributed by atoms with Gasteiger partial charge in [0.25, 0.3) is 5.91 Å². The van der Waals surface area contributed by atoms with Crippen molar-refractivity contribution < 1.29 is 9.21 Å². The molecule has 1 aliphatic rings. The maximum atomic E-state index is 12.6. The van der Waals surface area contributed by atoms with Gasteiger partial charge in [-0.25, -0.2) is 4.98 Å². The third-order valence-corrected chi connectivity index (χ3v) is 4.68. The van der Waals surface area contributed by atoms with Crippen LogP contribution in [-0.4, -0.2) is 41.0 Å². The standard InChI is InChI=1S/C14H17N3O2S.2ClH/c1-9-10(2)17(5-4-15-9)14(18)12-8-20-13(16-12)11-3-6-19-7-11;;/h3,6-10,15H,4-5H2,1-2H3;2*1H. The van der Waals surface area contributed by atoms with Crippen LogP contribution in [0, 0.1) is 0 Å². The zero-order valence-corrected chi connectivity index (χ0v) is 14.8. The molecule has 0 radical (unpaired) electrons. The number of nitrogens with zero attached hydrogens (tertiary/aromatic N) is 2. The summed E-state index contributed by atoms with van der Waals surface area (Å²) in [5, 5.41) is 6.01. The van der Waals surface area contributed by atoms with E-state index < -0.39 is 0 Å². The van der Waals surface area contributed by atoms with Gasteiger partial charge in [0.1, 0.15) is 17.0 Å². The number of amides is 1. The monoisotopic (exact) mass is 363 g/mol. The molecule has 1 fully saturated rings. The number of halogens is 2. The highest BCUT2D eigenvalue weighted by Gasteiger charge is 2.29. The Bertz CT molecular complexity index is 603. The molecule has 0 aromatic carbocycles. The normalized spacial score (nSPS) is 20.9. The van der Waals surface area contributed by atoms with E-state index in [1.54, 1.807) is 12.5 Å². The van der Waals surface area contributed by atoms with Gasteiger partial charge in [-0.15, -0.1) is 36.2 Å². The van der Waals surface area contributed by atoms with Crippen molar-refractivity contribution in [3.8, 4) is 10.6 Å². The average molecular weight is 364 g/mol. The molecule has 2 unspecified atom stereocenters. The van der Waals surface area contributed by atoms with Gasteiger partial charge in [0, 0.05) is 36.1 Å². The number of carbonyl (C=O) groups is 1. The second kappa shape index (κ2) is 7.97. The van der Waals surface area contributed by atoms with Crippen molar-refractivity contribution in [3.63, 3.8) is 0 Å². The minimum atomic E-state index is 0. The van der Waals surface area contributed by atoms with E-state index in [1.807, 2.05) is 16.3 Å². The topological polar surface area (TPSA) is 58.4 Å². The third-order valence-electron chi connectivity index (χ3n) is 3.79. The highest BCUT2D eigenvalue weighted by molar-refractivity contribution is 7.13. The van der Waals surface area contributed by atoms with E-state index in [-0.39, 0.29) is 36.8 Å². The van der Waals surface area contributed by atoms with Crippen LogP contribution in [0.3, 0.4) is 0 Å². The smallest absolute Gasteiger partial charge is 0.273 e. The summed E-state index contributed by atoms with van der Waals surface area (Å²) in [6.07, 6.45) is 3.25. The molecule has 0 bridgehead atoms. The molecule has 1 saturated heterocycles. The van der Waals surface area contributed by atoms with Crippen LogP contribution >= 0.6 is 36.2 Å². The molecule has 5 nitrogen and oxygen atoms in total. The number of carbonyl (C=O) groups excluding carboxylic acids is 1. The second-order valence-corrected chi connectivity index (χ2v) is 5.89. The van der Waals surface area contributed by atoms with E-state index in [0.29, 0.717) is 11.7 Å². The Balaban J connectivity index is 0.00000121. The fourth-order valence-electron chi connectivity index (χ4n) is 2.38. The largest absolute Gasteiger partial charge is 0.472 e. The zero-order valence-electron chi connectivity index (χ0n) is 12.3. The molecule has 3 rings (SSSR count). The van der Waals surface area contributed by atoms with Crippen LogP contribution in [0.25, 0.3) is 10.6 Å². The van der Waals surface area contributed by atoms with Crippen molar-refractivity contribution in [2.24, 2.45) is 0 Å². The first-order valence-corrected chi connectivity index (χ1v) is 7.57. The summed E-state index contributed by atoms with van der Waals surface area (Å²) in [7, 11) is 0. The Morgan fingerprint density at radius 3 is 2.91 bits per heavy atom. The molecular formula is C14H19Cl2N3O2S. The molecule has 3 heterocycles. The Morgan fingerprint density at radius 2 is 2.23 bits per heavy atom. The van der Waals surface area contributed by atoms with E-state index in [0.717, 1.165) is 23.7 Å². The van der Waals surface area contributed by atoms with Gasteiger partial charge in [-0.2, -0.15) is 0 Å². The van der Waals surface area contributed by atoms with Crippen molar-refractivity contribution in [3.05, 3.63) is 29.7 Å². The van der Waals surface area contributed by atoms with Crippen LogP contribution in [0.1, 0.15) is 24.3 Å². The van der Waals surface area contributed by atoms with Gasteiger partial charge < -0.3 is 14.6 Å². The lowest BCUT2D eigenvalue weighted by Crippen LogP contribution is -2.57. The molecule has 2 atom stereocenters. The lowest BCUT2D eigenvalue weighted by molar-refractivity contribution is 0.0598. The fraction of sp³-hybridized carbons (Fsp3) is 0.429. The quantitative estimate of drug-likeness (QED) is 0.890. The molecule has 0 aliphatic carbocycles. The van der Waals surface area contributed by atoms with Crippen molar-refractivity contribution in [2.75, 3.05) is 13.1 Å². The van der Waals surface area contributed by atoms with E-state index >= 15 is 0 Å². The minimum Gasteiger partial charge on any atom is -0.472 e. The van der Waals surface area contributed by atoms with E-state index in [9.17, 15) is 4.79 Å². The van der Waals surface area contributed by atoms with Crippen molar-refractivity contribution >= 4 is 42.1 Å². The molecule has 2 aromatic heterocycles. The lowest BCUT2D eigenvalue weighted by Gasteiger charge is -2.38. The molecule has 122 valence electrons. The molecule has 0 saturated carbocycles. The van der Waals surface area contributed by atoms with Crippen LogP contribution in [-0.2, 0) is 0 Å². The Kier molecular flexibility index (Phi) is 6.87. The Hall–Kier alpha value is -1.08. The summed E-state index contributed by atoms with van der Waals surface area (Å²) in [5.74, 6) is 0.0110. The number of hydrogen-bond acceptors (Lipinski definition) is 5. The molecule has 0 spiro atoms. The van der Waals surface area contributed by atoms with Crippen LogP contribution in [0.5, 0.6) is 0 Å². The third kappa shape index (κ3) is 3.63. The highest BCUT2D eigenvalue weighted by Crippen LogP contribution is 2.25. The van der Waals surface area contributed by atoms with E-state index in [1.165, 1.54) is 11.3 Å². The maximum absolute atomic E-state index is 12.6. The zero-order chi connectivity index (χ0) is 14.1. The summed E-state index contributed by atoms with van der Waals surface area (Å²) in [6.45, 7) is 5.72. The first-order valence-electron chi connectivity index (χ1n) is 6.69. The molecule has 8 heteroatoms. The molecule has 1 aliphatic heterocycles. The second-order valence-electron chi connectivity index (χ2n) is 5.03. The summed E-state index contributed by atoms with van der Waals surface area (Å²) >= 11 is 1.47. The molecule has 1 amide bonds. The summed E-state index contributed by atoms with van der Waals surface area (Å²) < 4.78 is 5.05. The summed E-state index contributed by atoms with van der Waals surface area (Å²) in [6, 6.07) is 2.33. The minimum absolute atomic E-state index is 0. The van der Waals surface area contributed by atoms with Gasteiger partial charge in [-0.1, -0.05) is 0 Å². The number of nitrogens with one attached hydrogen (secondary N) is 1. The predicted molar refractivity (Wildman–Crippen MR) is 92.3 cm³/mol. The van der Waals surface area contributed by atoms with E-state index in [2.05, 4.69) is 24.1 Å². The number of furan rings is 1. The SMILES string of the molecule is CC1NCCN(C(=O)c2csc(-c3ccoc3)n2)C1C.Cl.Cl. The van der Waals surface area contributed by atoms with Gasteiger partial charge in [0.15, 0.2) is 0 Å². The van der Waals surface area contributed by atoms with Crippen molar-refractivity contribution in [1.82, 2.24) is 15.2 Å². The van der Waals surface area contributed by atoms with Gasteiger partial charge in [0.05, 0.1) is 6.26 Å². The number of thiazole rings is 1. The van der Waals surface area contributed by atoms with Crippen LogP contribution in [0.15, 0.2) is 28.4 Å². The fourth-order valence-corrected chi connectivity index (χ4v) is 3.16. The van der Waals surface area contributed by atoms with Gasteiger partial charge in [-0.3, -0.25) is 4.79 Å². The van der Waals surface area contributed by atoms with Crippen LogP contribution < -0.4 is 5.32 Å². The summed E-state index contributed by atoms with van der Waals surface area (Å²) in [4.78, 5) is 18.9. The number of rotatable bonds is 2. The maximum Gasteiger partial charge on any atom is 0.273 e. The van der Waals surface area contributed by atoms with Crippen LogP contribution in [0.2, 0.25) is 0 Å². The van der Waals surface area contributed by atoms with Crippen LogP contribution in [0.4, 0.5) is 0 Å². The average Bonchev–Trinajstić information content (AvgIpc) is 3.11. The summed E-state index contributed by atoms with van der Waals surface area (Å²) in [5.41, 5.74) is 1.43. The molecule has 2 aromatic rings. The predicted octanol–water partition coefficient (Wildman–Crippen LogP) is 3.07. The van der Waals surface area contributed by atoms with Gasteiger partial charge in [-0.05, 0) is 19.9 Å². The molecule has 1 N–H and O–H groups in total. The number of aromatic nitrogens is 1. The Morgan fingerprint density at radius 1 is 1.45 bits per heavy atom. The Labute approximate surface area is 145 Å².